The van der Waals surface area contributed by atoms with Crippen LogP contribution in [0.4, 0.5) is 4.79 Å². The first-order valence-electron chi connectivity index (χ1n) is 5.83. The first-order chi connectivity index (χ1) is 7.58. The second-order valence-electron chi connectivity index (χ2n) is 5.82. The van der Waals surface area contributed by atoms with E-state index in [9.17, 15) is 14.7 Å². The minimum atomic E-state index is -1.15. The molecule has 1 heterocycles. The smallest absolute Gasteiger partial charge is 0.411 e. The van der Waals surface area contributed by atoms with Gasteiger partial charge in [0, 0.05) is 6.04 Å². The van der Waals surface area contributed by atoms with Gasteiger partial charge >= 0.3 is 12.1 Å². The van der Waals surface area contributed by atoms with Crippen molar-refractivity contribution >= 4 is 12.1 Å². The molecule has 98 valence electrons. The fourth-order valence-corrected chi connectivity index (χ4v) is 2.13. The van der Waals surface area contributed by atoms with E-state index >= 15 is 0 Å². The van der Waals surface area contributed by atoms with Crippen LogP contribution in [0.2, 0.25) is 0 Å². The summed E-state index contributed by atoms with van der Waals surface area (Å²) in [6.45, 7) is 8.72. The molecule has 0 bridgehead atoms. The summed E-state index contributed by atoms with van der Waals surface area (Å²) in [6.07, 6.45) is 0.595. The highest BCUT2D eigenvalue weighted by atomic mass is 16.6. The molecular formula is C12H21NO4. The van der Waals surface area contributed by atoms with Crippen LogP contribution in [0.3, 0.4) is 0 Å². The maximum atomic E-state index is 12.0. The molecule has 1 N–H and O–H groups in total. The monoisotopic (exact) mass is 243 g/mol. The summed E-state index contributed by atoms with van der Waals surface area (Å²) in [5, 5.41) is 9.26. The number of ether oxygens (including phenoxy) is 1. The third kappa shape index (κ3) is 2.70. The number of hydrogen-bond donors (Lipinski definition) is 1. The normalized spacial score (nSPS) is 29.2. The third-order valence-corrected chi connectivity index (χ3v) is 3.07. The van der Waals surface area contributed by atoms with E-state index in [1.165, 1.54) is 4.90 Å². The van der Waals surface area contributed by atoms with Crippen molar-refractivity contribution in [1.29, 1.82) is 0 Å². The highest BCUT2D eigenvalue weighted by molar-refractivity contribution is 5.85. The SMILES string of the molecule is C[C@@H]1CC[C@@](C)(C(=O)O)N1C(=O)OC(C)(C)C. The highest BCUT2D eigenvalue weighted by Crippen LogP contribution is 2.35. The van der Waals surface area contributed by atoms with Crippen LogP contribution in [-0.2, 0) is 9.53 Å². The molecule has 1 aliphatic rings. The number of nitrogens with zero attached hydrogens (tertiary/aromatic N) is 1. The van der Waals surface area contributed by atoms with E-state index < -0.39 is 23.2 Å². The molecule has 1 aliphatic heterocycles. The number of rotatable bonds is 1. The number of likely N-dealkylation sites (tertiary alicyclic amines) is 1. The van der Waals surface area contributed by atoms with Crippen molar-refractivity contribution < 1.29 is 19.4 Å². The summed E-state index contributed by atoms with van der Waals surface area (Å²) in [7, 11) is 0. The molecule has 1 saturated heterocycles. The summed E-state index contributed by atoms with van der Waals surface area (Å²) < 4.78 is 5.26. The van der Waals surface area contributed by atoms with E-state index in [-0.39, 0.29) is 6.04 Å². The molecule has 5 nitrogen and oxygen atoms in total. The Morgan fingerprint density at radius 3 is 2.35 bits per heavy atom. The topological polar surface area (TPSA) is 66.8 Å². The summed E-state index contributed by atoms with van der Waals surface area (Å²) in [6, 6.07) is -0.106. The van der Waals surface area contributed by atoms with Gasteiger partial charge in [-0.2, -0.15) is 0 Å². The van der Waals surface area contributed by atoms with Crippen molar-refractivity contribution in [1.82, 2.24) is 4.90 Å². The van der Waals surface area contributed by atoms with E-state index in [0.29, 0.717) is 12.8 Å². The van der Waals surface area contributed by atoms with Gasteiger partial charge in [0.2, 0.25) is 0 Å². The van der Waals surface area contributed by atoms with E-state index in [2.05, 4.69) is 0 Å². The zero-order chi connectivity index (χ0) is 13.4. The van der Waals surface area contributed by atoms with Crippen molar-refractivity contribution in [2.75, 3.05) is 0 Å². The Morgan fingerprint density at radius 1 is 1.41 bits per heavy atom. The lowest BCUT2D eigenvalue weighted by atomic mass is 10.00. The Hall–Kier alpha value is -1.26. The lowest BCUT2D eigenvalue weighted by molar-refractivity contribution is -0.149. The number of carbonyl (C=O) groups is 2. The quantitative estimate of drug-likeness (QED) is 0.767. The molecule has 0 aromatic carbocycles. The molecule has 1 rings (SSSR count). The maximum absolute atomic E-state index is 12.0. The van der Waals surface area contributed by atoms with Gasteiger partial charge in [-0.05, 0) is 47.5 Å². The van der Waals surface area contributed by atoms with Gasteiger partial charge in [-0.25, -0.2) is 9.59 Å². The fourth-order valence-electron chi connectivity index (χ4n) is 2.13. The number of carboxylic acids is 1. The summed E-state index contributed by atoms with van der Waals surface area (Å²) >= 11 is 0. The highest BCUT2D eigenvalue weighted by Gasteiger charge is 2.50. The van der Waals surface area contributed by atoms with Gasteiger partial charge in [-0.3, -0.25) is 4.90 Å². The van der Waals surface area contributed by atoms with E-state index in [0.717, 1.165) is 0 Å². The van der Waals surface area contributed by atoms with Gasteiger partial charge in [0.1, 0.15) is 11.1 Å². The molecule has 1 fully saturated rings. The number of carboxylic acid groups (broad SMARTS) is 1. The van der Waals surface area contributed by atoms with Gasteiger partial charge < -0.3 is 9.84 Å². The van der Waals surface area contributed by atoms with Crippen LogP contribution in [0.25, 0.3) is 0 Å². The van der Waals surface area contributed by atoms with Gasteiger partial charge in [-0.15, -0.1) is 0 Å². The van der Waals surface area contributed by atoms with Crippen LogP contribution < -0.4 is 0 Å². The summed E-state index contributed by atoms with van der Waals surface area (Å²) in [5.41, 5.74) is -1.76. The maximum Gasteiger partial charge on any atom is 0.411 e. The Kier molecular flexibility index (Phi) is 3.41. The van der Waals surface area contributed by atoms with Gasteiger partial charge in [0.05, 0.1) is 0 Å². The zero-order valence-electron chi connectivity index (χ0n) is 11.1. The van der Waals surface area contributed by atoms with Crippen molar-refractivity contribution in [2.45, 2.75) is 64.6 Å². The first kappa shape index (κ1) is 13.8. The number of aliphatic carboxylic acids is 1. The second kappa shape index (κ2) is 4.20. The first-order valence-corrected chi connectivity index (χ1v) is 5.83. The van der Waals surface area contributed by atoms with Crippen LogP contribution >= 0.6 is 0 Å². The molecular weight excluding hydrogens is 222 g/mol. The number of amides is 1. The zero-order valence-corrected chi connectivity index (χ0v) is 11.1. The predicted octanol–water partition coefficient (Wildman–Crippen LogP) is 2.25. The molecule has 0 radical (unpaired) electrons. The van der Waals surface area contributed by atoms with E-state index in [4.69, 9.17) is 4.74 Å². The van der Waals surface area contributed by atoms with Crippen LogP contribution in [0.5, 0.6) is 0 Å². The van der Waals surface area contributed by atoms with Crippen molar-refractivity contribution in [3.63, 3.8) is 0 Å². The average Bonchev–Trinajstić information content (AvgIpc) is 2.40. The standard InChI is InChI=1S/C12H21NO4/c1-8-6-7-12(5,9(14)15)13(8)10(16)17-11(2,3)4/h8H,6-7H2,1-5H3,(H,14,15)/t8-,12+/m1/s1. The molecule has 0 aliphatic carbocycles. The number of carbonyl (C=O) groups excluding carboxylic acids is 1. The summed E-state index contributed by atoms with van der Waals surface area (Å²) in [5.74, 6) is -0.979. The van der Waals surface area contributed by atoms with Crippen LogP contribution in [0.1, 0.15) is 47.5 Å². The van der Waals surface area contributed by atoms with Gasteiger partial charge in [0.15, 0.2) is 0 Å². The van der Waals surface area contributed by atoms with Crippen LogP contribution in [0, 0.1) is 0 Å². The molecule has 0 unspecified atom stereocenters. The molecule has 0 aromatic heterocycles. The van der Waals surface area contributed by atoms with Crippen molar-refractivity contribution in [2.24, 2.45) is 0 Å². The fraction of sp³-hybridized carbons (Fsp3) is 0.833. The molecule has 2 atom stereocenters. The second-order valence-corrected chi connectivity index (χ2v) is 5.82. The molecule has 0 saturated carbocycles. The van der Waals surface area contributed by atoms with Gasteiger partial charge in [-0.1, -0.05) is 0 Å². The minimum absolute atomic E-state index is 0.106. The lowest BCUT2D eigenvalue weighted by Gasteiger charge is -2.35. The van der Waals surface area contributed by atoms with Gasteiger partial charge in [0.25, 0.3) is 0 Å². The molecule has 5 heteroatoms. The predicted molar refractivity (Wildman–Crippen MR) is 62.8 cm³/mol. The van der Waals surface area contributed by atoms with Crippen molar-refractivity contribution in [3.05, 3.63) is 0 Å². The van der Waals surface area contributed by atoms with E-state index in [1.54, 1.807) is 27.7 Å². The Labute approximate surface area is 102 Å². The average molecular weight is 243 g/mol. The molecule has 17 heavy (non-hydrogen) atoms. The Bertz CT molecular complexity index is 334. The van der Waals surface area contributed by atoms with Crippen molar-refractivity contribution in [3.8, 4) is 0 Å². The third-order valence-electron chi connectivity index (χ3n) is 3.07. The van der Waals surface area contributed by atoms with E-state index in [1.807, 2.05) is 6.92 Å². The molecule has 0 aromatic rings. The van der Waals surface area contributed by atoms with Crippen LogP contribution in [0.15, 0.2) is 0 Å². The number of hydrogen-bond acceptors (Lipinski definition) is 3. The molecule has 1 amide bonds. The summed E-state index contributed by atoms with van der Waals surface area (Å²) in [4.78, 5) is 24.7. The Balaban J connectivity index is 2.93. The molecule has 0 spiro atoms. The Morgan fingerprint density at radius 2 is 1.94 bits per heavy atom. The lowest BCUT2D eigenvalue weighted by Crippen LogP contribution is -2.54. The minimum Gasteiger partial charge on any atom is -0.480 e. The largest absolute Gasteiger partial charge is 0.480 e. The van der Waals surface area contributed by atoms with Crippen LogP contribution in [-0.4, -0.2) is 39.3 Å².